The highest BCUT2D eigenvalue weighted by Crippen LogP contribution is 2.17. The van der Waals surface area contributed by atoms with Crippen molar-refractivity contribution in [2.24, 2.45) is 0 Å². The van der Waals surface area contributed by atoms with Crippen molar-refractivity contribution < 1.29 is 5.11 Å². The fraction of sp³-hybridized carbons (Fsp3) is 0.133. The van der Waals surface area contributed by atoms with Crippen LogP contribution < -0.4 is 0 Å². The van der Waals surface area contributed by atoms with Crippen LogP contribution >= 0.6 is 0 Å². The molecular weight excluding hydrogens is 210 g/mol. The molecule has 2 aromatic rings. The second kappa shape index (κ2) is 5.18. The zero-order valence-electron chi connectivity index (χ0n) is 9.43. The molecule has 0 fully saturated rings. The quantitative estimate of drug-likeness (QED) is 0.869. The first kappa shape index (κ1) is 11.2. The summed E-state index contributed by atoms with van der Waals surface area (Å²) in [6.45, 7) is 0. The SMILES string of the molecule is N#CCc1ccccc1Cc1ccc(O)cc1. The van der Waals surface area contributed by atoms with Crippen LogP contribution in [0.15, 0.2) is 48.5 Å². The van der Waals surface area contributed by atoms with Crippen molar-refractivity contribution in [2.75, 3.05) is 0 Å². The second-order valence-corrected chi connectivity index (χ2v) is 3.95. The summed E-state index contributed by atoms with van der Waals surface area (Å²) in [5.41, 5.74) is 3.37. The number of hydrogen-bond acceptors (Lipinski definition) is 2. The molecule has 0 bridgehead atoms. The lowest BCUT2D eigenvalue weighted by molar-refractivity contribution is 0.475. The summed E-state index contributed by atoms with van der Waals surface area (Å²) in [6.07, 6.45) is 1.23. The lowest BCUT2D eigenvalue weighted by atomic mass is 9.98. The molecule has 0 heterocycles. The first-order chi connectivity index (χ1) is 8.29. The number of benzene rings is 2. The highest BCUT2D eigenvalue weighted by molar-refractivity contribution is 5.35. The zero-order chi connectivity index (χ0) is 12.1. The van der Waals surface area contributed by atoms with Gasteiger partial charge >= 0.3 is 0 Å². The first-order valence-corrected chi connectivity index (χ1v) is 5.51. The Kier molecular flexibility index (Phi) is 3.42. The maximum absolute atomic E-state index is 9.22. The molecule has 0 saturated carbocycles. The lowest BCUT2D eigenvalue weighted by Crippen LogP contribution is -1.94. The van der Waals surface area contributed by atoms with Gasteiger partial charge in [-0.25, -0.2) is 0 Å². The summed E-state index contributed by atoms with van der Waals surface area (Å²) in [6, 6.07) is 17.3. The molecule has 0 aliphatic carbocycles. The van der Waals surface area contributed by atoms with E-state index in [9.17, 15) is 5.11 Å². The summed E-state index contributed by atoms with van der Waals surface area (Å²) >= 11 is 0. The maximum Gasteiger partial charge on any atom is 0.115 e. The molecule has 0 aliphatic rings. The normalized spacial score (nSPS) is 9.82. The fourth-order valence-corrected chi connectivity index (χ4v) is 1.82. The minimum atomic E-state index is 0.277. The Balaban J connectivity index is 2.24. The van der Waals surface area contributed by atoms with E-state index in [2.05, 4.69) is 6.07 Å². The molecule has 2 heteroatoms. The third kappa shape index (κ3) is 2.85. The van der Waals surface area contributed by atoms with Crippen LogP contribution in [-0.4, -0.2) is 5.11 Å². The van der Waals surface area contributed by atoms with E-state index in [1.54, 1.807) is 12.1 Å². The van der Waals surface area contributed by atoms with Gasteiger partial charge in [0.2, 0.25) is 0 Å². The van der Waals surface area contributed by atoms with E-state index in [4.69, 9.17) is 5.26 Å². The van der Waals surface area contributed by atoms with Gasteiger partial charge in [0.15, 0.2) is 0 Å². The van der Waals surface area contributed by atoms with Gasteiger partial charge in [0.05, 0.1) is 12.5 Å². The van der Waals surface area contributed by atoms with Gasteiger partial charge < -0.3 is 5.11 Å². The minimum Gasteiger partial charge on any atom is -0.508 e. The van der Waals surface area contributed by atoms with E-state index < -0.39 is 0 Å². The predicted octanol–water partition coefficient (Wildman–Crippen LogP) is 3.05. The van der Waals surface area contributed by atoms with Gasteiger partial charge in [-0.05, 0) is 35.2 Å². The Morgan fingerprint density at radius 3 is 2.24 bits per heavy atom. The Hall–Kier alpha value is -2.27. The molecular formula is C15H13NO. The van der Waals surface area contributed by atoms with Crippen molar-refractivity contribution >= 4 is 0 Å². The van der Waals surface area contributed by atoms with E-state index in [0.29, 0.717) is 6.42 Å². The number of aromatic hydroxyl groups is 1. The largest absolute Gasteiger partial charge is 0.508 e. The molecule has 17 heavy (non-hydrogen) atoms. The van der Waals surface area contributed by atoms with Crippen molar-refractivity contribution in [3.05, 3.63) is 65.2 Å². The topological polar surface area (TPSA) is 44.0 Å². The highest BCUT2D eigenvalue weighted by atomic mass is 16.3. The van der Waals surface area contributed by atoms with Gasteiger partial charge in [-0.2, -0.15) is 5.26 Å². The van der Waals surface area contributed by atoms with Crippen LogP contribution in [-0.2, 0) is 12.8 Å². The van der Waals surface area contributed by atoms with Gasteiger partial charge in [-0.1, -0.05) is 36.4 Å². The van der Waals surface area contributed by atoms with Gasteiger partial charge in [0.1, 0.15) is 5.75 Å². The minimum absolute atomic E-state index is 0.277. The van der Waals surface area contributed by atoms with Crippen LogP contribution in [0.5, 0.6) is 5.75 Å². The van der Waals surface area contributed by atoms with E-state index in [-0.39, 0.29) is 5.75 Å². The molecule has 2 aromatic carbocycles. The molecule has 0 atom stereocenters. The Morgan fingerprint density at radius 2 is 1.59 bits per heavy atom. The smallest absolute Gasteiger partial charge is 0.115 e. The summed E-state index contributed by atoms with van der Waals surface area (Å²) < 4.78 is 0. The number of hydrogen-bond donors (Lipinski definition) is 1. The molecule has 2 nitrogen and oxygen atoms in total. The summed E-state index contributed by atoms with van der Waals surface area (Å²) in [5.74, 6) is 0.277. The Bertz CT molecular complexity index is 538. The van der Waals surface area contributed by atoms with Gasteiger partial charge in [-0.3, -0.25) is 0 Å². The molecule has 1 N–H and O–H groups in total. The van der Waals surface area contributed by atoms with Gasteiger partial charge in [0, 0.05) is 0 Å². The number of rotatable bonds is 3. The van der Waals surface area contributed by atoms with Crippen LogP contribution in [0, 0.1) is 11.3 Å². The Labute approximate surface area is 101 Å². The third-order valence-electron chi connectivity index (χ3n) is 2.72. The molecule has 0 saturated heterocycles. The molecule has 84 valence electrons. The molecule has 0 radical (unpaired) electrons. The Morgan fingerprint density at radius 1 is 0.941 bits per heavy atom. The van der Waals surface area contributed by atoms with Crippen molar-refractivity contribution in [1.29, 1.82) is 5.26 Å². The fourth-order valence-electron chi connectivity index (χ4n) is 1.82. The van der Waals surface area contributed by atoms with E-state index in [1.807, 2.05) is 36.4 Å². The van der Waals surface area contributed by atoms with Crippen LogP contribution in [0.1, 0.15) is 16.7 Å². The molecule has 0 aliphatic heterocycles. The number of phenols is 1. The van der Waals surface area contributed by atoms with Crippen LogP contribution in [0.4, 0.5) is 0 Å². The van der Waals surface area contributed by atoms with Gasteiger partial charge in [0.25, 0.3) is 0 Å². The molecule has 2 rings (SSSR count). The average molecular weight is 223 g/mol. The van der Waals surface area contributed by atoms with Crippen LogP contribution in [0.2, 0.25) is 0 Å². The highest BCUT2D eigenvalue weighted by Gasteiger charge is 2.02. The standard InChI is InChI=1S/C15H13NO/c16-10-9-13-3-1-2-4-14(13)11-12-5-7-15(17)8-6-12/h1-8,17H,9,11H2. The van der Waals surface area contributed by atoms with Crippen molar-refractivity contribution in [2.45, 2.75) is 12.8 Å². The lowest BCUT2D eigenvalue weighted by Gasteiger charge is -2.06. The third-order valence-corrected chi connectivity index (χ3v) is 2.72. The second-order valence-electron chi connectivity index (χ2n) is 3.95. The molecule has 0 spiro atoms. The summed E-state index contributed by atoms with van der Waals surface area (Å²) in [7, 11) is 0. The summed E-state index contributed by atoms with van der Waals surface area (Å²) in [4.78, 5) is 0. The van der Waals surface area contributed by atoms with E-state index in [1.165, 1.54) is 5.56 Å². The number of nitrogens with zero attached hydrogens (tertiary/aromatic N) is 1. The average Bonchev–Trinajstić information content (AvgIpc) is 2.35. The van der Waals surface area contributed by atoms with Crippen molar-refractivity contribution in [3.63, 3.8) is 0 Å². The molecule has 0 unspecified atom stereocenters. The van der Waals surface area contributed by atoms with Crippen molar-refractivity contribution in [1.82, 2.24) is 0 Å². The van der Waals surface area contributed by atoms with Crippen molar-refractivity contribution in [3.8, 4) is 11.8 Å². The first-order valence-electron chi connectivity index (χ1n) is 5.51. The monoisotopic (exact) mass is 223 g/mol. The summed E-state index contributed by atoms with van der Waals surface area (Å²) in [5, 5.41) is 18.0. The number of nitriles is 1. The molecule has 0 amide bonds. The van der Waals surface area contributed by atoms with E-state index >= 15 is 0 Å². The zero-order valence-corrected chi connectivity index (χ0v) is 9.43. The van der Waals surface area contributed by atoms with Gasteiger partial charge in [-0.15, -0.1) is 0 Å². The van der Waals surface area contributed by atoms with Crippen LogP contribution in [0.25, 0.3) is 0 Å². The molecule has 0 aromatic heterocycles. The maximum atomic E-state index is 9.22. The predicted molar refractivity (Wildman–Crippen MR) is 66.7 cm³/mol. The van der Waals surface area contributed by atoms with Crippen LogP contribution in [0.3, 0.4) is 0 Å². The van der Waals surface area contributed by atoms with E-state index in [0.717, 1.165) is 17.5 Å². The number of phenolic OH excluding ortho intramolecular Hbond substituents is 1.